The molecule has 1 unspecified atom stereocenters. The van der Waals surface area contributed by atoms with Crippen LogP contribution in [0.5, 0.6) is 0 Å². The summed E-state index contributed by atoms with van der Waals surface area (Å²) < 4.78 is 7.31. The highest BCUT2D eigenvalue weighted by Gasteiger charge is 2.39. The maximum Gasteiger partial charge on any atom is 0.255 e. The first-order valence-electron chi connectivity index (χ1n) is 10.1. The predicted molar refractivity (Wildman–Crippen MR) is 108 cm³/mol. The van der Waals surface area contributed by atoms with Crippen LogP contribution < -0.4 is 5.32 Å². The molecule has 1 atom stereocenters. The molecule has 1 saturated heterocycles. The van der Waals surface area contributed by atoms with Crippen molar-refractivity contribution in [1.29, 1.82) is 0 Å². The number of hydrogen-bond donors (Lipinski definition) is 1. The van der Waals surface area contributed by atoms with Crippen LogP contribution in [0.1, 0.15) is 40.9 Å². The Balaban J connectivity index is 1.47. The van der Waals surface area contributed by atoms with Crippen molar-refractivity contribution < 1.29 is 19.1 Å². The number of hydrogen-bond acceptors (Lipinski definition) is 5. The SMILES string of the molecule is Cn1ncc(-c2ccc3c(c2)CN(C2CCC(=O)NC2=O)C3=O)c1C1=CCOCC1. The molecule has 30 heavy (non-hydrogen) atoms. The van der Waals surface area contributed by atoms with Gasteiger partial charge in [0.2, 0.25) is 11.8 Å². The molecule has 1 aromatic carbocycles. The zero-order valence-corrected chi connectivity index (χ0v) is 16.7. The van der Waals surface area contributed by atoms with Crippen LogP contribution in [-0.4, -0.2) is 51.7 Å². The fourth-order valence-corrected chi connectivity index (χ4v) is 4.51. The van der Waals surface area contributed by atoms with E-state index in [0.29, 0.717) is 31.7 Å². The number of nitrogens with zero attached hydrogens (tertiary/aromatic N) is 3. The molecular weight excluding hydrogens is 384 g/mol. The fourth-order valence-electron chi connectivity index (χ4n) is 4.51. The number of piperidine rings is 1. The molecule has 8 nitrogen and oxygen atoms in total. The van der Waals surface area contributed by atoms with Gasteiger partial charge in [0.15, 0.2) is 0 Å². The summed E-state index contributed by atoms with van der Waals surface area (Å²) in [4.78, 5) is 38.2. The first-order valence-corrected chi connectivity index (χ1v) is 10.1. The van der Waals surface area contributed by atoms with E-state index < -0.39 is 11.9 Å². The van der Waals surface area contributed by atoms with E-state index in [-0.39, 0.29) is 18.2 Å². The second-order valence-corrected chi connectivity index (χ2v) is 7.86. The zero-order chi connectivity index (χ0) is 20.8. The van der Waals surface area contributed by atoms with Gasteiger partial charge in [0.05, 0.1) is 25.1 Å². The molecule has 4 heterocycles. The summed E-state index contributed by atoms with van der Waals surface area (Å²) in [6, 6.07) is 5.17. The Labute approximate surface area is 173 Å². The number of imide groups is 1. The second-order valence-electron chi connectivity index (χ2n) is 7.86. The number of benzene rings is 1. The Morgan fingerprint density at radius 3 is 2.80 bits per heavy atom. The lowest BCUT2D eigenvalue weighted by atomic mass is 9.96. The number of ether oxygens (including phenoxy) is 1. The number of nitrogens with one attached hydrogen (secondary N) is 1. The van der Waals surface area contributed by atoms with Crippen LogP contribution in [0.2, 0.25) is 0 Å². The number of aryl methyl sites for hydroxylation is 1. The lowest BCUT2D eigenvalue weighted by molar-refractivity contribution is -0.136. The first-order chi connectivity index (χ1) is 14.5. The average molecular weight is 406 g/mol. The predicted octanol–water partition coefficient (Wildman–Crippen LogP) is 1.65. The third-order valence-electron chi connectivity index (χ3n) is 6.04. The van der Waals surface area contributed by atoms with Crippen molar-refractivity contribution in [2.75, 3.05) is 13.2 Å². The Morgan fingerprint density at radius 1 is 1.17 bits per heavy atom. The van der Waals surface area contributed by atoms with Gasteiger partial charge in [0.25, 0.3) is 5.91 Å². The molecule has 0 bridgehead atoms. The molecule has 0 aliphatic carbocycles. The molecule has 0 radical (unpaired) electrons. The fraction of sp³-hybridized carbons (Fsp3) is 0.364. The van der Waals surface area contributed by atoms with Crippen LogP contribution in [0.25, 0.3) is 16.7 Å². The van der Waals surface area contributed by atoms with Crippen LogP contribution in [0, 0.1) is 0 Å². The molecule has 1 aromatic heterocycles. The van der Waals surface area contributed by atoms with E-state index in [2.05, 4.69) is 16.5 Å². The second kappa shape index (κ2) is 7.21. The average Bonchev–Trinajstić information content (AvgIpc) is 3.28. The van der Waals surface area contributed by atoms with E-state index >= 15 is 0 Å². The van der Waals surface area contributed by atoms with Gasteiger partial charge in [-0.25, -0.2) is 0 Å². The molecule has 154 valence electrons. The van der Waals surface area contributed by atoms with Gasteiger partial charge in [-0.3, -0.25) is 24.4 Å². The molecule has 8 heteroatoms. The van der Waals surface area contributed by atoms with Crippen molar-refractivity contribution in [2.24, 2.45) is 7.05 Å². The normalized spacial score (nSPS) is 21.5. The van der Waals surface area contributed by atoms with Crippen LogP contribution in [0.3, 0.4) is 0 Å². The van der Waals surface area contributed by atoms with E-state index in [1.54, 1.807) is 4.90 Å². The zero-order valence-electron chi connectivity index (χ0n) is 16.7. The summed E-state index contributed by atoms with van der Waals surface area (Å²) >= 11 is 0. The maximum absolute atomic E-state index is 12.9. The quantitative estimate of drug-likeness (QED) is 0.783. The van der Waals surface area contributed by atoms with Crippen molar-refractivity contribution in [3.63, 3.8) is 0 Å². The van der Waals surface area contributed by atoms with E-state index in [4.69, 9.17) is 4.74 Å². The molecule has 0 saturated carbocycles. The van der Waals surface area contributed by atoms with E-state index in [0.717, 1.165) is 28.8 Å². The summed E-state index contributed by atoms with van der Waals surface area (Å²) in [5.74, 6) is -0.840. The van der Waals surface area contributed by atoms with Gasteiger partial charge in [-0.2, -0.15) is 5.10 Å². The van der Waals surface area contributed by atoms with Crippen LogP contribution >= 0.6 is 0 Å². The Bertz CT molecular complexity index is 1100. The topological polar surface area (TPSA) is 93.5 Å². The number of carbonyl (C=O) groups is 3. The van der Waals surface area contributed by atoms with Crippen molar-refractivity contribution in [3.05, 3.63) is 47.3 Å². The van der Waals surface area contributed by atoms with Gasteiger partial charge in [-0.05, 0) is 41.7 Å². The molecule has 3 aliphatic rings. The lowest BCUT2D eigenvalue weighted by Gasteiger charge is -2.29. The van der Waals surface area contributed by atoms with Crippen LogP contribution in [0.15, 0.2) is 30.5 Å². The van der Waals surface area contributed by atoms with Gasteiger partial charge in [-0.1, -0.05) is 12.1 Å². The third kappa shape index (κ3) is 3.04. The minimum atomic E-state index is -0.604. The van der Waals surface area contributed by atoms with Crippen molar-refractivity contribution >= 4 is 23.3 Å². The monoisotopic (exact) mass is 406 g/mol. The highest BCUT2D eigenvalue weighted by Crippen LogP contribution is 2.35. The van der Waals surface area contributed by atoms with E-state index in [1.807, 2.05) is 36.1 Å². The molecule has 5 rings (SSSR count). The minimum Gasteiger partial charge on any atom is -0.377 e. The molecule has 3 aliphatic heterocycles. The highest BCUT2D eigenvalue weighted by atomic mass is 16.5. The van der Waals surface area contributed by atoms with Crippen molar-refractivity contribution in [3.8, 4) is 11.1 Å². The van der Waals surface area contributed by atoms with Gasteiger partial charge in [-0.15, -0.1) is 0 Å². The summed E-state index contributed by atoms with van der Waals surface area (Å²) in [5.41, 5.74) is 5.77. The largest absolute Gasteiger partial charge is 0.377 e. The third-order valence-corrected chi connectivity index (χ3v) is 6.04. The number of rotatable bonds is 3. The number of aromatic nitrogens is 2. The Morgan fingerprint density at radius 2 is 2.03 bits per heavy atom. The standard InChI is InChI=1S/C22H22N4O4/c1-25-20(13-6-8-30-9-7-13)17(11-23-25)14-2-3-16-15(10-14)12-26(22(16)29)18-4-5-19(27)24-21(18)28/h2-3,6,10-11,18H,4-5,7-9,12H2,1H3,(H,24,27,28). The van der Waals surface area contributed by atoms with Gasteiger partial charge in [0, 0.05) is 31.1 Å². The Kier molecular flexibility index (Phi) is 4.51. The summed E-state index contributed by atoms with van der Waals surface area (Å²) in [6.45, 7) is 1.65. The first kappa shape index (κ1) is 18.7. The lowest BCUT2D eigenvalue weighted by Crippen LogP contribution is -2.52. The van der Waals surface area contributed by atoms with Crippen molar-refractivity contribution in [2.45, 2.75) is 31.8 Å². The summed E-state index contributed by atoms with van der Waals surface area (Å²) in [5, 5.41) is 6.79. The van der Waals surface area contributed by atoms with Crippen LogP contribution in [0.4, 0.5) is 0 Å². The van der Waals surface area contributed by atoms with Gasteiger partial charge < -0.3 is 9.64 Å². The molecule has 1 fully saturated rings. The van der Waals surface area contributed by atoms with E-state index in [9.17, 15) is 14.4 Å². The maximum atomic E-state index is 12.9. The number of fused-ring (bicyclic) bond motifs is 1. The Hall–Kier alpha value is -3.26. The molecule has 3 amide bonds. The highest BCUT2D eigenvalue weighted by molar-refractivity contribution is 6.05. The smallest absolute Gasteiger partial charge is 0.255 e. The van der Waals surface area contributed by atoms with Gasteiger partial charge in [0.1, 0.15) is 6.04 Å². The van der Waals surface area contributed by atoms with E-state index in [1.165, 1.54) is 5.57 Å². The molecule has 1 N–H and O–H groups in total. The van der Waals surface area contributed by atoms with Crippen molar-refractivity contribution in [1.82, 2.24) is 20.0 Å². The molecular formula is C22H22N4O4. The molecule has 0 spiro atoms. The molecule has 2 aromatic rings. The number of amides is 3. The number of carbonyl (C=O) groups excluding carboxylic acids is 3. The van der Waals surface area contributed by atoms with Crippen LogP contribution in [-0.2, 0) is 27.9 Å². The summed E-state index contributed by atoms with van der Waals surface area (Å²) in [6.07, 6.45) is 5.38. The summed E-state index contributed by atoms with van der Waals surface area (Å²) in [7, 11) is 1.93. The minimum absolute atomic E-state index is 0.162. The van der Waals surface area contributed by atoms with Gasteiger partial charge >= 0.3 is 0 Å².